The normalized spacial score (nSPS) is 10.7. The predicted molar refractivity (Wildman–Crippen MR) is 132 cm³/mol. The second kappa shape index (κ2) is 10.7. The molecule has 0 radical (unpaired) electrons. The second-order valence-electron chi connectivity index (χ2n) is 7.25. The molecule has 2 amide bonds. The molecule has 2 N–H and O–H groups in total. The number of aryl methyl sites for hydroxylation is 2. The van der Waals surface area contributed by atoms with Gasteiger partial charge >= 0.3 is 0 Å². The molecule has 0 saturated carbocycles. The van der Waals surface area contributed by atoms with Gasteiger partial charge in [0.05, 0.1) is 12.1 Å². The van der Waals surface area contributed by atoms with Crippen molar-refractivity contribution in [3.63, 3.8) is 0 Å². The van der Waals surface area contributed by atoms with Gasteiger partial charge in [-0.2, -0.15) is 11.3 Å². The number of nitrogens with one attached hydrogen (secondary N) is 2. The third-order valence-corrected chi connectivity index (χ3v) is 7.06. The highest BCUT2D eigenvalue weighted by Gasteiger charge is 2.11. The number of nitrogens with zero attached hydrogens (tertiary/aromatic N) is 3. The van der Waals surface area contributed by atoms with Crippen LogP contribution in [0.2, 0.25) is 0 Å². The summed E-state index contributed by atoms with van der Waals surface area (Å²) < 4.78 is 0. The van der Waals surface area contributed by atoms with E-state index in [1.165, 1.54) is 11.3 Å². The third kappa shape index (κ3) is 6.47. The summed E-state index contributed by atoms with van der Waals surface area (Å²) in [7, 11) is 0. The number of hydrogen-bond donors (Lipinski definition) is 2. The summed E-state index contributed by atoms with van der Waals surface area (Å²) in [5, 5.41) is 7.48. The summed E-state index contributed by atoms with van der Waals surface area (Å²) in [5.74, 6) is -0.00728. The highest BCUT2D eigenvalue weighted by molar-refractivity contribution is 7.98. The van der Waals surface area contributed by atoms with Crippen LogP contribution in [-0.4, -0.2) is 26.8 Å². The first-order valence-electron chi connectivity index (χ1n) is 10.1. The van der Waals surface area contributed by atoms with Crippen molar-refractivity contribution in [2.75, 3.05) is 0 Å². The molecular formula is C23H21N5O2S3. The maximum absolute atomic E-state index is 12.4. The minimum Gasteiger partial charge on any atom is -0.273 e. The summed E-state index contributed by atoms with van der Waals surface area (Å²) in [6.45, 7) is 3.90. The van der Waals surface area contributed by atoms with Crippen LogP contribution in [0.15, 0.2) is 57.7 Å². The number of rotatable bonds is 7. The highest BCUT2D eigenvalue weighted by atomic mass is 32.2. The average molecular weight is 496 g/mol. The van der Waals surface area contributed by atoms with Crippen LogP contribution in [0.3, 0.4) is 0 Å². The topological polar surface area (TPSA) is 96.9 Å². The molecule has 33 heavy (non-hydrogen) atoms. The first kappa shape index (κ1) is 23.1. The number of carbonyl (C=O) groups excluding carboxylic acids is 2. The minimum absolute atomic E-state index is 0.0948. The number of aromatic nitrogens is 3. The molecule has 0 aliphatic carbocycles. The molecule has 7 nitrogen and oxygen atoms in total. The number of thiazole rings is 1. The zero-order chi connectivity index (χ0) is 23.2. The van der Waals surface area contributed by atoms with Crippen LogP contribution in [0.25, 0.3) is 10.6 Å². The first-order valence-corrected chi connectivity index (χ1v) is 12.9. The Morgan fingerprint density at radius 1 is 0.970 bits per heavy atom. The predicted octanol–water partition coefficient (Wildman–Crippen LogP) is 4.57. The van der Waals surface area contributed by atoms with Gasteiger partial charge in [-0.15, -0.1) is 11.3 Å². The minimum atomic E-state index is -0.377. The Morgan fingerprint density at radius 2 is 1.73 bits per heavy atom. The molecule has 0 fully saturated rings. The van der Waals surface area contributed by atoms with Crippen molar-refractivity contribution in [2.24, 2.45) is 0 Å². The van der Waals surface area contributed by atoms with Gasteiger partial charge < -0.3 is 0 Å². The van der Waals surface area contributed by atoms with E-state index < -0.39 is 0 Å². The molecule has 3 heterocycles. The van der Waals surface area contributed by atoms with Crippen molar-refractivity contribution in [3.8, 4) is 10.6 Å². The van der Waals surface area contributed by atoms with Gasteiger partial charge in [0.15, 0.2) is 5.16 Å². The van der Waals surface area contributed by atoms with Crippen LogP contribution in [0, 0.1) is 13.8 Å². The highest BCUT2D eigenvalue weighted by Crippen LogP contribution is 2.25. The Morgan fingerprint density at radius 3 is 2.42 bits per heavy atom. The molecular weight excluding hydrogens is 474 g/mol. The van der Waals surface area contributed by atoms with Gasteiger partial charge in [-0.3, -0.25) is 20.4 Å². The van der Waals surface area contributed by atoms with Crippen molar-refractivity contribution in [1.29, 1.82) is 0 Å². The number of hydrogen-bond acceptors (Lipinski definition) is 8. The van der Waals surface area contributed by atoms with Crippen molar-refractivity contribution < 1.29 is 9.59 Å². The lowest BCUT2D eigenvalue weighted by atomic mass is 10.1. The first-order chi connectivity index (χ1) is 16.0. The van der Waals surface area contributed by atoms with Gasteiger partial charge in [0, 0.05) is 39.0 Å². The Labute approximate surface area is 203 Å². The molecule has 4 rings (SSSR count). The number of benzene rings is 1. The van der Waals surface area contributed by atoms with Crippen molar-refractivity contribution in [3.05, 3.63) is 80.7 Å². The van der Waals surface area contributed by atoms with Gasteiger partial charge in [0.25, 0.3) is 5.91 Å². The Bertz CT molecular complexity index is 1230. The molecule has 3 aromatic heterocycles. The van der Waals surface area contributed by atoms with Crippen LogP contribution in [0.1, 0.15) is 33.0 Å². The summed E-state index contributed by atoms with van der Waals surface area (Å²) >= 11 is 4.65. The Hall–Kier alpha value is -3.08. The van der Waals surface area contributed by atoms with E-state index in [0.717, 1.165) is 32.7 Å². The SMILES string of the molecule is Cc1cc(C)nc(SCc2ccc(C(=O)NNC(=O)Cc3csc(-c4ccsc4)n3)cc2)n1. The second-order valence-corrected chi connectivity index (χ2v) is 9.83. The smallest absolute Gasteiger partial charge is 0.269 e. The molecule has 4 aromatic rings. The lowest BCUT2D eigenvalue weighted by Crippen LogP contribution is -2.42. The average Bonchev–Trinajstić information content (AvgIpc) is 3.48. The third-order valence-electron chi connectivity index (χ3n) is 4.52. The standard InChI is InChI=1S/C23H21N5O2S3/c1-14-9-15(2)25-23(24-14)33-11-16-3-5-17(6-4-16)21(30)28-27-20(29)10-19-13-32-22(26-19)18-7-8-31-12-18/h3-9,12-13H,10-11H2,1-2H3,(H,27,29)(H,28,30). The van der Waals surface area contributed by atoms with Crippen molar-refractivity contribution in [1.82, 2.24) is 25.8 Å². The number of hydrazine groups is 1. The summed E-state index contributed by atoms with van der Waals surface area (Å²) in [5.41, 5.74) is 10.0. The largest absolute Gasteiger partial charge is 0.273 e. The molecule has 1 aromatic carbocycles. The quantitative estimate of drug-likeness (QED) is 0.221. The van der Waals surface area contributed by atoms with E-state index in [-0.39, 0.29) is 18.2 Å². The van der Waals surface area contributed by atoms with E-state index in [1.54, 1.807) is 35.2 Å². The fraction of sp³-hybridized carbons (Fsp3) is 0.174. The molecule has 0 atom stereocenters. The Balaban J connectivity index is 1.25. The maximum Gasteiger partial charge on any atom is 0.269 e. The van der Waals surface area contributed by atoms with Crippen molar-refractivity contribution in [2.45, 2.75) is 31.2 Å². The molecule has 0 saturated heterocycles. The van der Waals surface area contributed by atoms with E-state index in [0.29, 0.717) is 17.0 Å². The van der Waals surface area contributed by atoms with Gasteiger partial charge in [-0.05, 0) is 49.1 Å². The monoisotopic (exact) mass is 495 g/mol. The number of amides is 2. The lowest BCUT2D eigenvalue weighted by molar-refractivity contribution is -0.121. The molecule has 0 spiro atoms. The van der Waals surface area contributed by atoms with Gasteiger partial charge in [0.2, 0.25) is 5.91 Å². The zero-order valence-electron chi connectivity index (χ0n) is 18.0. The number of thioether (sulfide) groups is 1. The van der Waals surface area contributed by atoms with Crippen LogP contribution >= 0.6 is 34.4 Å². The van der Waals surface area contributed by atoms with Crippen LogP contribution in [0.5, 0.6) is 0 Å². The van der Waals surface area contributed by atoms with E-state index in [1.807, 2.05) is 54.3 Å². The molecule has 0 aliphatic rings. The molecule has 10 heteroatoms. The van der Waals surface area contributed by atoms with Crippen molar-refractivity contribution >= 4 is 46.2 Å². The lowest BCUT2D eigenvalue weighted by Gasteiger charge is -2.08. The number of thiophene rings is 1. The van der Waals surface area contributed by atoms with Gasteiger partial charge in [-0.1, -0.05) is 23.9 Å². The Kier molecular flexibility index (Phi) is 7.48. The van der Waals surface area contributed by atoms with E-state index in [4.69, 9.17) is 0 Å². The molecule has 168 valence electrons. The zero-order valence-corrected chi connectivity index (χ0v) is 20.4. The summed E-state index contributed by atoms with van der Waals surface area (Å²) in [6.07, 6.45) is 0.0948. The molecule has 0 aliphatic heterocycles. The molecule has 0 bridgehead atoms. The van der Waals surface area contributed by atoms with Gasteiger partial charge in [-0.25, -0.2) is 15.0 Å². The van der Waals surface area contributed by atoms with E-state index in [9.17, 15) is 9.59 Å². The fourth-order valence-corrected chi connectivity index (χ4v) is 5.41. The molecule has 0 unspecified atom stereocenters. The van der Waals surface area contributed by atoms with Crippen LogP contribution in [0.4, 0.5) is 0 Å². The van der Waals surface area contributed by atoms with Crippen LogP contribution < -0.4 is 10.9 Å². The summed E-state index contributed by atoms with van der Waals surface area (Å²) in [4.78, 5) is 37.9. The summed E-state index contributed by atoms with van der Waals surface area (Å²) in [6, 6.07) is 11.2. The van der Waals surface area contributed by atoms with Gasteiger partial charge in [0.1, 0.15) is 5.01 Å². The van der Waals surface area contributed by atoms with E-state index in [2.05, 4.69) is 25.8 Å². The maximum atomic E-state index is 12.4. The van der Waals surface area contributed by atoms with Crippen LogP contribution in [-0.2, 0) is 17.0 Å². The fourth-order valence-electron chi connectivity index (χ4n) is 2.97. The number of carbonyl (C=O) groups is 2. The van der Waals surface area contributed by atoms with E-state index >= 15 is 0 Å².